The molecule has 0 unspecified atom stereocenters. The van der Waals surface area contributed by atoms with Gasteiger partial charge in [-0.05, 0) is 31.6 Å². The molecule has 0 amide bonds. The molecule has 0 aliphatic carbocycles. The fraction of sp³-hybridized carbons (Fsp3) is 0.556. The molecule has 2 N–H and O–H groups in total. The molecular weight excluding hydrogens is 296 g/mol. The fourth-order valence-corrected chi connectivity index (χ4v) is 2.88. The summed E-state index contributed by atoms with van der Waals surface area (Å²) in [5, 5.41) is 19.6. The normalized spacial score (nSPS) is 21.2. The molecule has 1 aromatic rings. The second-order valence-corrected chi connectivity index (χ2v) is 6.31. The topological polar surface area (TPSA) is 83.8 Å². The first-order valence-corrected chi connectivity index (χ1v) is 8.21. The van der Waals surface area contributed by atoms with Crippen LogP contribution in [0.2, 0.25) is 0 Å². The van der Waals surface area contributed by atoms with Crippen molar-refractivity contribution in [2.24, 2.45) is 5.92 Å². The number of fused-ring (bicyclic) bond motifs is 1. The number of Topliss-reactive ketones (excluding diaryl/α,β-unsaturated/α-hetero) is 2. The number of aromatic hydroxyl groups is 2. The van der Waals surface area contributed by atoms with Gasteiger partial charge < -0.3 is 14.9 Å². The van der Waals surface area contributed by atoms with Gasteiger partial charge in [0.05, 0.1) is 6.61 Å². The lowest BCUT2D eigenvalue weighted by molar-refractivity contribution is -0.119. The molecule has 1 aliphatic heterocycles. The number of phenolic OH excluding ortho intramolecular Hbond substituents is 2. The maximum atomic E-state index is 12.5. The van der Waals surface area contributed by atoms with Gasteiger partial charge >= 0.3 is 0 Å². The maximum Gasteiger partial charge on any atom is 0.170 e. The van der Waals surface area contributed by atoms with E-state index in [1.165, 1.54) is 6.07 Å². The van der Waals surface area contributed by atoms with Gasteiger partial charge in [-0.25, -0.2) is 0 Å². The van der Waals surface area contributed by atoms with Crippen LogP contribution in [0.15, 0.2) is 12.1 Å². The van der Waals surface area contributed by atoms with E-state index in [0.29, 0.717) is 25.9 Å². The molecule has 2 rings (SSSR count). The fourth-order valence-electron chi connectivity index (χ4n) is 2.88. The molecule has 1 aliphatic rings. The molecule has 1 aromatic carbocycles. The molecule has 23 heavy (non-hydrogen) atoms. The smallest absolute Gasteiger partial charge is 0.170 e. The Morgan fingerprint density at radius 3 is 2.61 bits per heavy atom. The third-order valence-corrected chi connectivity index (χ3v) is 4.14. The number of ether oxygens (including phenoxy) is 1. The van der Waals surface area contributed by atoms with Gasteiger partial charge in [0.15, 0.2) is 5.78 Å². The van der Waals surface area contributed by atoms with Crippen molar-refractivity contribution in [1.29, 1.82) is 0 Å². The first-order valence-electron chi connectivity index (χ1n) is 8.21. The van der Waals surface area contributed by atoms with Gasteiger partial charge in [0.2, 0.25) is 0 Å². The molecule has 0 fully saturated rings. The van der Waals surface area contributed by atoms with E-state index in [1.807, 2.05) is 6.92 Å². The molecular formula is C18H24O5. The number of ketones is 2. The minimum absolute atomic E-state index is 0.124. The lowest BCUT2D eigenvalue weighted by Gasteiger charge is -2.16. The summed E-state index contributed by atoms with van der Waals surface area (Å²) in [7, 11) is 0. The van der Waals surface area contributed by atoms with Gasteiger partial charge in [-0.2, -0.15) is 0 Å². The molecule has 0 radical (unpaired) electrons. The van der Waals surface area contributed by atoms with E-state index in [1.54, 1.807) is 0 Å². The van der Waals surface area contributed by atoms with E-state index in [2.05, 4.69) is 0 Å². The van der Waals surface area contributed by atoms with Gasteiger partial charge in [0, 0.05) is 31.4 Å². The first kappa shape index (κ1) is 17.3. The highest BCUT2D eigenvalue weighted by Gasteiger charge is 2.21. The zero-order valence-electron chi connectivity index (χ0n) is 13.5. The Morgan fingerprint density at radius 1 is 1.09 bits per heavy atom. The van der Waals surface area contributed by atoms with Crippen LogP contribution < -0.4 is 4.74 Å². The number of hydrogen-bond acceptors (Lipinski definition) is 5. The van der Waals surface area contributed by atoms with Gasteiger partial charge in [0.1, 0.15) is 28.6 Å². The van der Waals surface area contributed by atoms with Crippen LogP contribution in [0.3, 0.4) is 0 Å². The van der Waals surface area contributed by atoms with E-state index in [-0.39, 0.29) is 46.7 Å². The van der Waals surface area contributed by atoms with Crippen molar-refractivity contribution in [3.63, 3.8) is 0 Å². The summed E-state index contributed by atoms with van der Waals surface area (Å²) < 4.78 is 5.58. The molecule has 1 heterocycles. The van der Waals surface area contributed by atoms with Gasteiger partial charge in [-0.3, -0.25) is 9.59 Å². The van der Waals surface area contributed by atoms with Crippen LogP contribution in [0.1, 0.15) is 62.2 Å². The van der Waals surface area contributed by atoms with Crippen molar-refractivity contribution in [3.05, 3.63) is 17.7 Å². The van der Waals surface area contributed by atoms with E-state index in [9.17, 15) is 19.8 Å². The van der Waals surface area contributed by atoms with Crippen LogP contribution in [0, 0.1) is 5.92 Å². The molecule has 0 spiro atoms. The van der Waals surface area contributed by atoms with Crippen LogP contribution in [0.5, 0.6) is 17.2 Å². The summed E-state index contributed by atoms with van der Waals surface area (Å²) in [5.41, 5.74) is 0.141. The van der Waals surface area contributed by atoms with Crippen molar-refractivity contribution in [2.75, 3.05) is 6.61 Å². The standard InChI is InChI=1S/C18H24O5/c1-12-5-4-7-13(19)6-2-3-8-23-17-11-14(20)10-16(22)18(17)15(21)9-12/h10-12,20,22H,2-9H2,1H3/t12-/m0/s1. The largest absolute Gasteiger partial charge is 0.508 e. The molecule has 0 saturated carbocycles. The van der Waals surface area contributed by atoms with E-state index in [4.69, 9.17) is 4.74 Å². The predicted octanol–water partition coefficient (Wildman–Crippen LogP) is 3.61. The number of carbonyl (C=O) groups excluding carboxylic acids is 2. The van der Waals surface area contributed by atoms with Crippen molar-refractivity contribution in [3.8, 4) is 17.2 Å². The third kappa shape index (κ3) is 4.98. The van der Waals surface area contributed by atoms with E-state index >= 15 is 0 Å². The number of hydrogen-bond donors (Lipinski definition) is 2. The summed E-state index contributed by atoms with van der Waals surface area (Å²) in [5.74, 6) is 0.00454. The second kappa shape index (κ2) is 7.99. The molecule has 5 heteroatoms. The predicted molar refractivity (Wildman–Crippen MR) is 86.1 cm³/mol. The Bertz CT molecular complexity index is 579. The Kier molecular flexibility index (Phi) is 6.02. The molecule has 5 nitrogen and oxygen atoms in total. The number of phenols is 2. The van der Waals surface area contributed by atoms with Gasteiger partial charge in [0.25, 0.3) is 0 Å². The Hall–Kier alpha value is -2.04. The minimum Gasteiger partial charge on any atom is -0.508 e. The summed E-state index contributed by atoms with van der Waals surface area (Å²) >= 11 is 0. The first-order chi connectivity index (χ1) is 11.0. The number of carbonyl (C=O) groups is 2. The van der Waals surface area contributed by atoms with E-state index < -0.39 is 0 Å². The van der Waals surface area contributed by atoms with Crippen LogP contribution in [0.25, 0.3) is 0 Å². The third-order valence-electron chi connectivity index (χ3n) is 4.14. The number of rotatable bonds is 0. The highest BCUT2D eigenvalue weighted by Crippen LogP contribution is 2.35. The van der Waals surface area contributed by atoms with Crippen LogP contribution >= 0.6 is 0 Å². The van der Waals surface area contributed by atoms with Crippen molar-refractivity contribution in [1.82, 2.24) is 0 Å². The number of benzene rings is 1. The summed E-state index contributed by atoms with van der Waals surface area (Å²) in [4.78, 5) is 24.2. The van der Waals surface area contributed by atoms with Crippen molar-refractivity contribution >= 4 is 11.6 Å². The molecule has 0 aromatic heterocycles. The van der Waals surface area contributed by atoms with E-state index in [0.717, 1.165) is 25.3 Å². The quantitative estimate of drug-likeness (QED) is 0.763. The van der Waals surface area contributed by atoms with Crippen molar-refractivity contribution < 1.29 is 24.5 Å². The Balaban J connectivity index is 2.23. The Morgan fingerprint density at radius 2 is 1.83 bits per heavy atom. The SMILES string of the molecule is C[C@H]1CCCC(=O)CCCCOc2cc(O)cc(O)c2C(=O)C1. The average Bonchev–Trinajstić information content (AvgIpc) is 2.45. The van der Waals surface area contributed by atoms with Gasteiger partial charge in [-0.15, -0.1) is 0 Å². The Labute approximate surface area is 136 Å². The zero-order chi connectivity index (χ0) is 16.8. The van der Waals surface area contributed by atoms with Crippen molar-refractivity contribution in [2.45, 2.75) is 51.9 Å². The molecule has 0 saturated heterocycles. The van der Waals surface area contributed by atoms with Crippen LogP contribution in [0.4, 0.5) is 0 Å². The summed E-state index contributed by atoms with van der Waals surface area (Å²) in [6.45, 7) is 2.30. The monoisotopic (exact) mass is 320 g/mol. The molecule has 1 atom stereocenters. The maximum absolute atomic E-state index is 12.5. The van der Waals surface area contributed by atoms with Gasteiger partial charge in [-0.1, -0.05) is 6.92 Å². The lowest BCUT2D eigenvalue weighted by Crippen LogP contribution is -2.11. The highest BCUT2D eigenvalue weighted by atomic mass is 16.5. The molecule has 0 bridgehead atoms. The second-order valence-electron chi connectivity index (χ2n) is 6.31. The van der Waals surface area contributed by atoms with Crippen LogP contribution in [-0.2, 0) is 4.79 Å². The highest BCUT2D eigenvalue weighted by molar-refractivity contribution is 6.01. The average molecular weight is 320 g/mol. The van der Waals surface area contributed by atoms with Crippen LogP contribution in [-0.4, -0.2) is 28.4 Å². The summed E-state index contributed by atoms with van der Waals surface area (Å²) in [6, 6.07) is 2.52. The summed E-state index contributed by atoms with van der Waals surface area (Å²) in [6.07, 6.45) is 4.41. The minimum atomic E-state index is -0.250. The lowest BCUT2D eigenvalue weighted by atomic mass is 9.93. The molecule has 126 valence electrons. The zero-order valence-corrected chi connectivity index (χ0v) is 13.5.